The molecule has 1 aromatic heterocycles. The van der Waals surface area contributed by atoms with Crippen molar-refractivity contribution >= 4 is 32.8 Å². The minimum absolute atomic E-state index is 0.0300. The van der Waals surface area contributed by atoms with Crippen molar-refractivity contribution in [3.05, 3.63) is 88.4 Å². The number of nitrogens with zero attached hydrogens (tertiary/aromatic N) is 2. The zero-order chi connectivity index (χ0) is 19.0. The maximum absolute atomic E-state index is 12.8. The number of pyridine rings is 1. The van der Waals surface area contributed by atoms with E-state index >= 15 is 0 Å². The lowest BCUT2D eigenvalue weighted by atomic mass is 9.83. The molecule has 1 aliphatic heterocycles. The number of hydrogen-bond acceptors (Lipinski definition) is 4. The number of hydrogen-bond donors (Lipinski definition) is 1. The summed E-state index contributed by atoms with van der Waals surface area (Å²) in [5, 5.41) is 20.7. The predicted octanol–water partition coefficient (Wildman–Crippen LogP) is 4.06. The van der Waals surface area contributed by atoms with Crippen molar-refractivity contribution < 1.29 is 19.2 Å². The Balaban J connectivity index is 1.97. The van der Waals surface area contributed by atoms with E-state index in [9.17, 15) is 15.2 Å². The van der Waals surface area contributed by atoms with Crippen molar-refractivity contribution in [3.63, 3.8) is 0 Å². The van der Waals surface area contributed by atoms with Crippen LogP contribution in [0.5, 0.6) is 0 Å². The number of allylic oxidation sites excluding steroid dienone is 1. The largest absolute Gasteiger partial charge is 0.480 e. The second-order valence-corrected chi connectivity index (χ2v) is 7.12. The third-order valence-corrected chi connectivity index (χ3v) is 5.21. The number of benzene rings is 2. The van der Waals surface area contributed by atoms with Crippen LogP contribution < -0.4 is 4.57 Å². The van der Waals surface area contributed by atoms with Crippen LogP contribution in [0.1, 0.15) is 17.5 Å². The van der Waals surface area contributed by atoms with Crippen LogP contribution >= 0.6 is 15.9 Å². The van der Waals surface area contributed by atoms with Gasteiger partial charge in [0.15, 0.2) is 6.20 Å². The van der Waals surface area contributed by atoms with Crippen molar-refractivity contribution in [2.24, 2.45) is 0 Å². The second kappa shape index (κ2) is 6.86. The lowest BCUT2D eigenvalue weighted by Crippen LogP contribution is -2.50. The molecular formula is C21H14BrN2O3+. The molecule has 1 N–H and O–H groups in total. The molecule has 2 heterocycles. The smallest absolute Gasteiger partial charge is 0.384 e. The van der Waals surface area contributed by atoms with Crippen LogP contribution in [0.4, 0.5) is 0 Å². The van der Waals surface area contributed by atoms with Gasteiger partial charge in [-0.05, 0) is 29.8 Å². The Morgan fingerprint density at radius 2 is 1.78 bits per heavy atom. The maximum atomic E-state index is 12.8. The normalized spacial score (nSPS) is 19.6. The molecule has 27 heavy (non-hydrogen) atoms. The van der Waals surface area contributed by atoms with Gasteiger partial charge in [-0.2, -0.15) is 9.83 Å². The molecule has 0 radical (unpaired) electrons. The van der Waals surface area contributed by atoms with Crippen molar-refractivity contribution in [1.29, 1.82) is 5.26 Å². The highest BCUT2D eigenvalue weighted by atomic mass is 79.9. The van der Waals surface area contributed by atoms with Gasteiger partial charge in [-0.25, -0.2) is 4.79 Å². The van der Waals surface area contributed by atoms with E-state index in [-0.39, 0.29) is 5.57 Å². The molecule has 132 valence electrons. The number of aliphatic hydroxyl groups is 1. The summed E-state index contributed by atoms with van der Waals surface area (Å²) in [5.41, 5.74) is 1.61. The fourth-order valence-electron chi connectivity index (χ4n) is 3.47. The molecule has 5 nitrogen and oxygen atoms in total. The average Bonchev–Trinajstić information content (AvgIpc) is 2.68. The molecule has 1 aliphatic rings. The molecule has 0 aliphatic carbocycles. The molecule has 0 spiro atoms. The van der Waals surface area contributed by atoms with Gasteiger partial charge in [0.2, 0.25) is 5.52 Å². The lowest BCUT2D eigenvalue weighted by Gasteiger charge is -2.26. The van der Waals surface area contributed by atoms with Gasteiger partial charge in [0, 0.05) is 22.0 Å². The van der Waals surface area contributed by atoms with E-state index in [1.165, 1.54) is 0 Å². The number of aromatic nitrogens is 1. The molecule has 2 aromatic carbocycles. The van der Waals surface area contributed by atoms with Crippen molar-refractivity contribution in [1.82, 2.24) is 0 Å². The molecule has 6 heteroatoms. The van der Waals surface area contributed by atoms with Crippen LogP contribution in [0, 0.1) is 11.3 Å². The predicted molar refractivity (Wildman–Crippen MR) is 101 cm³/mol. The number of esters is 1. The molecule has 2 atom stereocenters. The summed E-state index contributed by atoms with van der Waals surface area (Å²) in [7, 11) is 0. The Morgan fingerprint density at radius 1 is 1.07 bits per heavy atom. The zero-order valence-corrected chi connectivity index (χ0v) is 15.6. The first kappa shape index (κ1) is 17.3. The lowest BCUT2D eigenvalue weighted by molar-refractivity contribution is -0.688. The standard InChI is InChI=1S/C21H13BrN2O3/c22-15-9-7-14(8-10-15)18-16(12-23)20(25)27-21(26)19(18)24-11-3-5-13-4-1-2-6-17(13)24/h1-11,18-19H/p+1/t18-,19+/m1/s1. The summed E-state index contributed by atoms with van der Waals surface area (Å²) >= 11 is 3.39. The fourth-order valence-corrected chi connectivity index (χ4v) is 3.74. The van der Waals surface area contributed by atoms with E-state index in [1.54, 1.807) is 10.8 Å². The van der Waals surface area contributed by atoms with Crippen LogP contribution in [0.15, 0.2) is 82.9 Å². The number of nitriles is 1. The summed E-state index contributed by atoms with van der Waals surface area (Å²) in [4.78, 5) is 12.8. The van der Waals surface area contributed by atoms with Gasteiger partial charge in [-0.3, -0.25) is 0 Å². The van der Waals surface area contributed by atoms with Gasteiger partial charge >= 0.3 is 5.97 Å². The molecule has 4 rings (SSSR count). The minimum Gasteiger partial charge on any atom is -0.480 e. The van der Waals surface area contributed by atoms with E-state index in [1.807, 2.05) is 66.7 Å². The van der Waals surface area contributed by atoms with Gasteiger partial charge in [-0.15, -0.1) is 0 Å². The summed E-state index contributed by atoms with van der Waals surface area (Å²) in [5.74, 6) is -1.91. The van der Waals surface area contributed by atoms with E-state index in [0.717, 1.165) is 20.9 Å². The number of carbonyl (C=O) groups is 1. The molecule has 0 unspecified atom stereocenters. The first-order valence-electron chi connectivity index (χ1n) is 8.29. The van der Waals surface area contributed by atoms with Gasteiger partial charge in [0.1, 0.15) is 11.6 Å². The minimum atomic E-state index is -0.817. The Bertz CT molecular complexity index is 1110. The number of para-hydroxylation sites is 1. The average molecular weight is 422 g/mol. The molecule has 3 aromatic rings. The van der Waals surface area contributed by atoms with Gasteiger partial charge < -0.3 is 9.84 Å². The van der Waals surface area contributed by atoms with Crippen molar-refractivity contribution in [2.75, 3.05) is 0 Å². The molecule has 0 saturated heterocycles. The van der Waals surface area contributed by atoms with E-state index in [0.29, 0.717) is 0 Å². The van der Waals surface area contributed by atoms with Gasteiger partial charge in [0.25, 0.3) is 12.0 Å². The summed E-state index contributed by atoms with van der Waals surface area (Å²) in [6.45, 7) is 0. The van der Waals surface area contributed by atoms with Crippen LogP contribution in [-0.2, 0) is 9.53 Å². The van der Waals surface area contributed by atoms with Crippen LogP contribution in [0.25, 0.3) is 10.9 Å². The van der Waals surface area contributed by atoms with Crippen LogP contribution in [-0.4, -0.2) is 11.1 Å². The SMILES string of the molecule is N#CC1=C(O)OC(=O)[C@@H]([n+]2cccc3ccccc32)[C@@H]1c1ccc(Br)cc1. The maximum Gasteiger partial charge on any atom is 0.384 e. The topological polar surface area (TPSA) is 74.2 Å². The summed E-state index contributed by atoms with van der Waals surface area (Å²) in [6, 6.07) is 20.0. The van der Waals surface area contributed by atoms with Crippen molar-refractivity contribution in [2.45, 2.75) is 12.0 Å². The number of aliphatic hydroxyl groups excluding tert-OH is 1. The zero-order valence-electron chi connectivity index (χ0n) is 14.0. The van der Waals surface area contributed by atoms with Gasteiger partial charge in [-0.1, -0.05) is 40.2 Å². The highest BCUT2D eigenvalue weighted by Gasteiger charge is 2.48. The first-order chi connectivity index (χ1) is 13.1. The Morgan fingerprint density at radius 3 is 2.52 bits per heavy atom. The Kier molecular flexibility index (Phi) is 4.38. The second-order valence-electron chi connectivity index (χ2n) is 6.20. The highest BCUT2D eigenvalue weighted by molar-refractivity contribution is 9.10. The highest BCUT2D eigenvalue weighted by Crippen LogP contribution is 2.39. The number of ether oxygens (including phenoxy) is 1. The summed E-state index contributed by atoms with van der Waals surface area (Å²) in [6.07, 6.45) is 1.79. The number of cyclic esters (lactones) is 1. The Labute approximate surface area is 163 Å². The van der Waals surface area contributed by atoms with E-state index < -0.39 is 23.9 Å². The third-order valence-electron chi connectivity index (χ3n) is 4.68. The Hall–Kier alpha value is -3.17. The molecule has 0 bridgehead atoms. The quantitative estimate of drug-likeness (QED) is 0.499. The molecule has 0 fully saturated rings. The first-order valence-corrected chi connectivity index (χ1v) is 9.08. The molecular weight excluding hydrogens is 408 g/mol. The van der Waals surface area contributed by atoms with E-state index in [2.05, 4.69) is 15.9 Å². The monoisotopic (exact) mass is 421 g/mol. The van der Waals surface area contributed by atoms with Crippen molar-refractivity contribution in [3.8, 4) is 6.07 Å². The van der Waals surface area contributed by atoms with Crippen LogP contribution in [0.3, 0.4) is 0 Å². The number of halogens is 1. The fraction of sp³-hybridized carbons (Fsp3) is 0.0952. The van der Waals surface area contributed by atoms with Gasteiger partial charge in [0.05, 0.1) is 5.92 Å². The molecule has 0 amide bonds. The third kappa shape index (κ3) is 2.96. The summed E-state index contributed by atoms with van der Waals surface area (Å²) < 4.78 is 7.70. The van der Waals surface area contributed by atoms with Crippen LogP contribution in [0.2, 0.25) is 0 Å². The number of fused-ring (bicyclic) bond motifs is 1. The number of carbonyl (C=O) groups excluding carboxylic acids is 1. The number of rotatable bonds is 2. The van der Waals surface area contributed by atoms with E-state index in [4.69, 9.17) is 4.74 Å². The molecule has 0 saturated carbocycles.